The number of rotatable bonds is 4. The standard InChI is InChI=1S/C21H20N4O4/c1-23-14-12-25(17-7-5-6-10-22-17)19(18(14)20(26)24(2)21(23)27)13-8-9-15(28-3)16(11-13)29-4/h5-12H,1-4H3. The summed E-state index contributed by atoms with van der Waals surface area (Å²) >= 11 is 0. The van der Waals surface area contributed by atoms with Crippen LogP contribution < -0.4 is 20.7 Å². The molecule has 0 aliphatic rings. The Morgan fingerprint density at radius 1 is 0.931 bits per heavy atom. The number of nitrogens with zero attached hydrogens (tertiary/aromatic N) is 4. The molecule has 29 heavy (non-hydrogen) atoms. The van der Waals surface area contributed by atoms with Gasteiger partial charge in [-0.3, -0.25) is 18.5 Å². The number of hydrogen-bond acceptors (Lipinski definition) is 5. The molecular weight excluding hydrogens is 372 g/mol. The molecule has 4 rings (SSSR count). The van der Waals surface area contributed by atoms with Crippen molar-refractivity contribution in [2.75, 3.05) is 14.2 Å². The molecule has 0 saturated carbocycles. The number of aryl methyl sites for hydroxylation is 1. The van der Waals surface area contributed by atoms with E-state index in [0.717, 1.165) is 10.1 Å². The molecule has 4 aromatic rings. The number of pyridine rings is 1. The summed E-state index contributed by atoms with van der Waals surface area (Å²) < 4.78 is 15.2. The molecule has 0 aliphatic heterocycles. The normalized spacial score (nSPS) is 11.0. The van der Waals surface area contributed by atoms with Gasteiger partial charge in [0.2, 0.25) is 0 Å². The number of fused-ring (bicyclic) bond motifs is 1. The third-order valence-corrected chi connectivity index (χ3v) is 4.99. The number of hydrogen-bond donors (Lipinski definition) is 0. The van der Waals surface area contributed by atoms with Crippen LogP contribution in [-0.2, 0) is 14.1 Å². The van der Waals surface area contributed by atoms with Crippen molar-refractivity contribution in [2.45, 2.75) is 0 Å². The Labute approximate surface area is 166 Å². The molecule has 3 aromatic heterocycles. The van der Waals surface area contributed by atoms with Gasteiger partial charge in [0.15, 0.2) is 11.5 Å². The minimum absolute atomic E-state index is 0.373. The molecule has 0 bridgehead atoms. The average Bonchev–Trinajstić information content (AvgIpc) is 3.17. The summed E-state index contributed by atoms with van der Waals surface area (Å²) in [6.45, 7) is 0. The fraction of sp³-hybridized carbons (Fsp3) is 0.190. The Bertz CT molecular complexity index is 1330. The molecule has 0 aliphatic carbocycles. The van der Waals surface area contributed by atoms with Crippen LogP contribution in [0.3, 0.4) is 0 Å². The van der Waals surface area contributed by atoms with Gasteiger partial charge in [0.25, 0.3) is 5.56 Å². The maximum Gasteiger partial charge on any atom is 0.330 e. The quantitative estimate of drug-likeness (QED) is 0.531. The van der Waals surface area contributed by atoms with Crippen molar-refractivity contribution in [2.24, 2.45) is 14.1 Å². The van der Waals surface area contributed by atoms with Crippen molar-refractivity contribution in [1.82, 2.24) is 18.7 Å². The molecule has 148 valence electrons. The van der Waals surface area contributed by atoms with Crippen LogP contribution in [0.1, 0.15) is 0 Å². The summed E-state index contributed by atoms with van der Waals surface area (Å²) in [5, 5.41) is 0.424. The third-order valence-electron chi connectivity index (χ3n) is 4.99. The monoisotopic (exact) mass is 392 g/mol. The van der Waals surface area contributed by atoms with E-state index in [0.29, 0.717) is 33.9 Å². The number of aromatic nitrogens is 4. The summed E-state index contributed by atoms with van der Waals surface area (Å²) in [6.07, 6.45) is 3.43. The molecule has 0 saturated heterocycles. The largest absolute Gasteiger partial charge is 0.493 e. The maximum atomic E-state index is 13.1. The first-order chi connectivity index (χ1) is 14.0. The summed E-state index contributed by atoms with van der Waals surface area (Å²) in [4.78, 5) is 29.9. The second kappa shape index (κ2) is 6.97. The summed E-state index contributed by atoms with van der Waals surface area (Å²) in [5.74, 6) is 1.74. The summed E-state index contributed by atoms with van der Waals surface area (Å²) in [6, 6.07) is 11.0. The fourth-order valence-corrected chi connectivity index (χ4v) is 3.48. The topological polar surface area (TPSA) is 80.3 Å². The van der Waals surface area contributed by atoms with Crippen molar-refractivity contribution in [3.05, 3.63) is 69.6 Å². The predicted molar refractivity (Wildman–Crippen MR) is 110 cm³/mol. The van der Waals surface area contributed by atoms with Gasteiger partial charge in [0.1, 0.15) is 5.82 Å². The smallest absolute Gasteiger partial charge is 0.330 e. The van der Waals surface area contributed by atoms with Crippen molar-refractivity contribution in [3.63, 3.8) is 0 Å². The van der Waals surface area contributed by atoms with Gasteiger partial charge in [-0.25, -0.2) is 9.78 Å². The van der Waals surface area contributed by atoms with Crippen LogP contribution in [0.25, 0.3) is 28.0 Å². The van der Waals surface area contributed by atoms with Gasteiger partial charge in [0.05, 0.1) is 30.8 Å². The number of ether oxygens (including phenoxy) is 2. The van der Waals surface area contributed by atoms with Gasteiger partial charge < -0.3 is 9.47 Å². The zero-order chi connectivity index (χ0) is 20.7. The molecule has 0 amide bonds. The zero-order valence-corrected chi connectivity index (χ0v) is 16.5. The van der Waals surface area contributed by atoms with Crippen LogP contribution in [-0.4, -0.2) is 32.9 Å². The van der Waals surface area contributed by atoms with E-state index >= 15 is 0 Å². The number of benzene rings is 1. The zero-order valence-electron chi connectivity index (χ0n) is 16.5. The average molecular weight is 392 g/mol. The van der Waals surface area contributed by atoms with Crippen molar-refractivity contribution >= 4 is 10.9 Å². The van der Waals surface area contributed by atoms with Crippen LogP contribution in [0, 0.1) is 0 Å². The van der Waals surface area contributed by atoms with Gasteiger partial charge in [-0.2, -0.15) is 0 Å². The molecule has 1 aromatic carbocycles. The molecule has 8 heteroatoms. The Morgan fingerprint density at radius 3 is 2.34 bits per heavy atom. The van der Waals surface area contributed by atoms with E-state index in [-0.39, 0.29) is 11.2 Å². The van der Waals surface area contributed by atoms with Crippen molar-refractivity contribution < 1.29 is 9.47 Å². The fourth-order valence-electron chi connectivity index (χ4n) is 3.48. The highest BCUT2D eigenvalue weighted by molar-refractivity contribution is 5.95. The molecule has 0 atom stereocenters. The lowest BCUT2D eigenvalue weighted by atomic mass is 10.1. The highest BCUT2D eigenvalue weighted by atomic mass is 16.5. The van der Waals surface area contributed by atoms with E-state index in [4.69, 9.17) is 9.47 Å². The van der Waals surface area contributed by atoms with Gasteiger partial charge in [0, 0.05) is 32.1 Å². The molecule has 3 heterocycles. The molecule has 0 radical (unpaired) electrons. The van der Waals surface area contributed by atoms with Crippen LogP contribution in [0.5, 0.6) is 11.5 Å². The van der Waals surface area contributed by atoms with E-state index in [1.807, 2.05) is 28.8 Å². The first-order valence-corrected chi connectivity index (χ1v) is 8.92. The van der Waals surface area contributed by atoms with E-state index in [2.05, 4.69) is 4.98 Å². The summed E-state index contributed by atoms with van der Waals surface area (Å²) in [7, 11) is 6.24. The SMILES string of the molecule is COc1ccc(-c2c3c(=O)n(C)c(=O)n(C)c3cn2-c2ccccn2)cc1OC. The second-order valence-corrected chi connectivity index (χ2v) is 6.57. The molecular formula is C21H20N4O4. The molecule has 8 nitrogen and oxygen atoms in total. The first-order valence-electron chi connectivity index (χ1n) is 8.92. The second-order valence-electron chi connectivity index (χ2n) is 6.57. The Balaban J connectivity index is 2.17. The lowest BCUT2D eigenvalue weighted by molar-refractivity contribution is 0.355. The summed E-state index contributed by atoms with van der Waals surface area (Å²) in [5.41, 5.74) is 1.12. The van der Waals surface area contributed by atoms with Gasteiger partial charge in [-0.1, -0.05) is 6.07 Å². The highest BCUT2D eigenvalue weighted by Gasteiger charge is 2.21. The van der Waals surface area contributed by atoms with E-state index < -0.39 is 0 Å². The highest BCUT2D eigenvalue weighted by Crippen LogP contribution is 2.36. The minimum Gasteiger partial charge on any atom is -0.493 e. The minimum atomic E-state index is -0.389. The maximum absolute atomic E-state index is 13.1. The van der Waals surface area contributed by atoms with E-state index in [9.17, 15) is 9.59 Å². The van der Waals surface area contributed by atoms with Crippen LogP contribution in [0.15, 0.2) is 58.4 Å². The Kier molecular flexibility index (Phi) is 4.46. The molecule has 0 fully saturated rings. The van der Waals surface area contributed by atoms with Crippen molar-refractivity contribution in [1.29, 1.82) is 0 Å². The molecule has 0 N–H and O–H groups in total. The lowest BCUT2D eigenvalue weighted by Crippen LogP contribution is -2.36. The predicted octanol–water partition coefficient (Wildman–Crippen LogP) is 2.11. The van der Waals surface area contributed by atoms with Gasteiger partial charge in [-0.05, 0) is 30.3 Å². The third kappa shape index (κ3) is 2.80. The van der Waals surface area contributed by atoms with Gasteiger partial charge >= 0.3 is 5.69 Å². The van der Waals surface area contributed by atoms with E-state index in [1.165, 1.54) is 11.6 Å². The van der Waals surface area contributed by atoms with Crippen LogP contribution in [0.4, 0.5) is 0 Å². The van der Waals surface area contributed by atoms with Crippen molar-refractivity contribution in [3.8, 4) is 28.6 Å². The molecule has 0 unspecified atom stereocenters. The lowest BCUT2D eigenvalue weighted by Gasteiger charge is -2.12. The number of methoxy groups -OCH3 is 2. The first kappa shape index (κ1) is 18.5. The Hall–Kier alpha value is -3.81. The van der Waals surface area contributed by atoms with Gasteiger partial charge in [-0.15, -0.1) is 0 Å². The molecule has 0 spiro atoms. The Morgan fingerprint density at radius 2 is 1.69 bits per heavy atom. The van der Waals surface area contributed by atoms with Crippen LogP contribution in [0.2, 0.25) is 0 Å². The van der Waals surface area contributed by atoms with E-state index in [1.54, 1.807) is 45.8 Å². The van der Waals surface area contributed by atoms with Crippen LogP contribution >= 0.6 is 0 Å².